The van der Waals surface area contributed by atoms with Crippen molar-refractivity contribution in [2.75, 3.05) is 0 Å². The summed E-state index contributed by atoms with van der Waals surface area (Å²) >= 11 is 0. The fourth-order valence-corrected chi connectivity index (χ4v) is 3.51. The molecule has 0 aliphatic carbocycles. The Labute approximate surface area is 135 Å². The number of aliphatic hydroxyl groups excluding tert-OH is 3. The van der Waals surface area contributed by atoms with Crippen molar-refractivity contribution >= 4 is 21.2 Å². The molecule has 1 saturated heterocycles. The second-order valence-corrected chi connectivity index (χ2v) is 7.27. The standard InChI is InChI=1S/C13H15NO9S/c1-12(18)8(15)9(16)13(23-11(12)17,24(19,20)21)10-14-6-4-2-3-5-7(6)22-10/h2-5,8-9,11,15-18H,1H3,(H,19,20,21)/t8-,9-,11+,12+,13?/m0/s1. The lowest BCUT2D eigenvalue weighted by Gasteiger charge is -2.47. The third kappa shape index (κ3) is 2.18. The first kappa shape index (κ1) is 17.2. The van der Waals surface area contributed by atoms with E-state index in [0.29, 0.717) is 0 Å². The normalized spacial score (nSPS) is 37.7. The van der Waals surface area contributed by atoms with Crippen LogP contribution in [-0.4, -0.2) is 62.5 Å². The van der Waals surface area contributed by atoms with Crippen LogP contribution < -0.4 is 0 Å². The summed E-state index contributed by atoms with van der Waals surface area (Å²) in [7, 11) is -5.31. The Bertz CT molecular complexity index is 843. The Morgan fingerprint density at radius 2 is 1.79 bits per heavy atom. The van der Waals surface area contributed by atoms with Gasteiger partial charge in [0.15, 0.2) is 11.9 Å². The van der Waals surface area contributed by atoms with E-state index in [1.807, 2.05) is 0 Å². The number of ether oxygens (including phenoxy) is 1. The number of aliphatic hydroxyl groups is 4. The highest BCUT2D eigenvalue weighted by molar-refractivity contribution is 7.86. The minimum Gasteiger partial charge on any atom is -0.436 e. The number of hydrogen-bond acceptors (Lipinski definition) is 9. The minimum absolute atomic E-state index is 0.118. The topological polar surface area (TPSA) is 171 Å². The van der Waals surface area contributed by atoms with Gasteiger partial charge < -0.3 is 29.6 Å². The lowest BCUT2D eigenvalue weighted by Crippen LogP contribution is -2.70. The quantitative estimate of drug-likeness (QED) is 0.404. The van der Waals surface area contributed by atoms with Crippen LogP contribution >= 0.6 is 0 Å². The predicted molar refractivity (Wildman–Crippen MR) is 77.0 cm³/mol. The van der Waals surface area contributed by atoms with Crippen molar-refractivity contribution in [3.8, 4) is 0 Å². The molecule has 132 valence electrons. The van der Waals surface area contributed by atoms with E-state index in [-0.39, 0.29) is 11.1 Å². The van der Waals surface area contributed by atoms with E-state index in [4.69, 9.17) is 9.15 Å². The largest absolute Gasteiger partial charge is 0.436 e. The van der Waals surface area contributed by atoms with E-state index in [1.165, 1.54) is 12.1 Å². The number of aromatic nitrogens is 1. The highest BCUT2D eigenvalue weighted by atomic mass is 32.2. The lowest BCUT2D eigenvalue weighted by molar-refractivity contribution is -0.339. The van der Waals surface area contributed by atoms with Crippen molar-refractivity contribution < 1.29 is 42.6 Å². The van der Waals surface area contributed by atoms with Gasteiger partial charge in [0.05, 0.1) is 0 Å². The van der Waals surface area contributed by atoms with Crippen molar-refractivity contribution in [1.29, 1.82) is 0 Å². The first-order valence-electron chi connectivity index (χ1n) is 6.79. The maximum Gasteiger partial charge on any atom is 0.307 e. The third-order valence-electron chi connectivity index (χ3n) is 4.05. The monoisotopic (exact) mass is 361 g/mol. The molecular formula is C13H15NO9S. The molecule has 2 aromatic rings. The molecule has 2 heterocycles. The van der Waals surface area contributed by atoms with E-state index in [0.717, 1.165) is 6.92 Å². The van der Waals surface area contributed by atoms with Gasteiger partial charge in [0.25, 0.3) is 0 Å². The molecule has 0 radical (unpaired) electrons. The van der Waals surface area contributed by atoms with Crippen molar-refractivity contribution in [3.63, 3.8) is 0 Å². The van der Waals surface area contributed by atoms with E-state index < -0.39 is 45.0 Å². The summed E-state index contributed by atoms with van der Waals surface area (Å²) in [4.78, 5) is 0.729. The maximum atomic E-state index is 12.0. The van der Waals surface area contributed by atoms with Crippen LogP contribution in [0.15, 0.2) is 28.7 Å². The molecule has 0 amide bonds. The molecule has 1 aliphatic heterocycles. The van der Waals surface area contributed by atoms with Crippen LogP contribution in [-0.2, 0) is 19.8 Å². The van der Waals surface area contributed by atoms with Gasteiger partial charge in [0, 0.05) is 0 Å². The van der Waals surface area contributed by atoms with Crippen LogP contribution in [0.25, 0.3) is 11.1 Å². The molecule has 0 spiro atoms. The second-order valence-electron chi connectivity index (χ2n) is 5.72. The number of benzene rings is 1. The summed E-state index contributed by atoms with van der Waals surface area (Å²) in [6, 6.07) is 6.07. The smallest absolute Gasteiger partial charge is 0.307 e. The summed E-state index contributed by atoms with van der Waals surface area (Å²) in [6.07, 6.45) is -6.87. The number of para-hydroxylation sites is 2. The molecule has 10 nitrogen and oxygen atoms in total. The summed E-state index contributed by atoms with van der Waals surface area (Å²) in [5.74, 6) is -0.799. The molecule has 3 rings (SSSR count). The van der Waals surface area contributed by atoms with Crippen LogP contribution in [0.3, 0.4) is 0 Å². The molecule has 1 aromatic heterocycles. The van der Waals surface area contributed by atoms with Crippen LogP contribution in [0.5, 0.6) is 0 Å². The van der Waals surface area contributed by atoms with E-state index >= 15 is 0 Å². The van der Waals surface area contributed by atoms with Gasteiger partial charge in [-0.3, -0.25) is 4.55 Å². The number of nitrogens with zero attached hydrogens (tertiary/aromatic N) is 1. The molecule has 5 atom stereocenters. The summed E-state index contributed by atoms with van der Waals surface area (Å²) in [6.45, 7) is 0.922. The van der Waals surface area contributed by atoms with E-state index in [2.05, 4.69) is 4.98 Å². The highest BCUT2D eigenvalue weighted by Crippen LogP contribution is 2.45. The predicted octanol–water partition coefficient (Wildman–Crippen LogP) is -1.31. The van der Waals surface area contributed by atoms with E-state index in [9.17, 15) is 33.4 Å². The van der Waals surface area contributed by atoms with Crippen LogP contribution in [0, 0.1) is 0 Å². The van der Waals surface area contributed by atoms with Gasteiger partial charge in [-0.25, -0.2) is 4.98 Å². The minimum atomic E-state index is -5.31. The molecule has 24 heavy (non-hydrogen) atoms. The van der Waals surface area contributed by atoms with Gasteiger partial charge in [0.2, 0.25) is 5.89 Å². The lowest BCUT2D eigenvalue weighted by atomic mass is 9.87. The number of oxazole rings is 1. The first-order chi connectivity index (χ1) is 11.0. The SMILES string of the molecule is C[C@]1(O)[C@H](O)OC(c2nc3ccccc3o2)(S(=O)(=O)O)[C@@H](O)[C@@H]1O. The van der Waals surface area contributed by atoms with Crippen molar-refractivity contribution in [1.82, 2.24) is 4.98 Å². The van der Waals surface area contributed by atoms with Crippen LogP contribution in [0.4, 0.5) is 0 Å². The van der Waals surface area contributed by atoms with Crippen LogP contribution in [0.2, 0.25) is 0 Å². The van der Waals surface area contributed by atoms with Gasteiger partial charge in [-0.1, -0.05) is 12.1 Å². The Balaban J connectivity index is 2.27. The maximum absolute atomic E-state index is 12.0. The Hall–Kier alpha value is -1.60. The fraction of sp³-hybridized carbons (Fsp3) is 0.462. The van der Waals surface area contributed by atoms with Gasteiger partial charge in [-0.05, 0) is 19.1 Å². The molecular weight excluding hydrogens is 346 g/mol. The van der Waals surface area contributed by atoms with Crippen LogP contribution in [0.1, 0.15) is 12.8 Å². The zero-order valence-electron chi connectivity index (χ0n) is 12.3. The second kappa shape index (κ2) is 5.20. The fourth-order valence-electron chi connectivity index (χ4n) is 2.55. The van der Waals surface area contributed by atoms with E-state index in [1.54, 1.807) is 12.1 Å². The van der Waals surface area contributed by atoms with Gasteiger partial charge in [-0.15, -0.1) is 0 Å². The molecule has 11 heteroatoms. The summed E-state index contributed by atoms with van der Waals surface area (Å²) in [5, 5.41) is 40.1. The average molecular weight is 361 g/mol. The molecule has 1 aliphatic rings. The number of fused-ring (bicyclic) bond motifs is 1. The average Bonchev–Trinajstić information content (AvgIpc) is 2.92. The van der Waals surface area contributed by atoms with Gasteiger partial charge in [0.1, 0.15) is 23.3 Å². The van der Waals surface area contributed by atoms with Crippen molar-refractivity contribution in [3.05, 3.63) is 30.2 Å². The molecule has 0 saturated carbocycles. The Kier molecular flexibility index (Phi) is 3.73. The van der Waals surface area contributed by atoms with Crippen molar-refractivity contribution in [2.45, 2.75) is 36.0 Å². The highest BCUT2D eigenvalue weighted by Gasteiger charge is 2.68. The van der Waals surface area contributed by atoms with Crippen molar-refractivity contribution in [2.24, 2.45) is 0 Å². The number of hydrogen-bond donors (Lipinski definition) is 5. The Morgan fingerprint density at radius 1 is 1.17 bits per heavy atom. The third-order valence-corrected chi connectivity index (χ3v) is 5.33. The zero-order valence-corrected chi connectivity index (χ0v) is 13.1. The summed E-state index contributed by atoms with van der Waals surface area (Å²) < 4.78 is 43.6. The molecule has 0 bridgehead atoms. The number of rotatable bonds is 2. The Morgan fingerprint density at radius 3 is 2.38 bits per heavy atom. The van der Waals surface area contributed by atoms with Gasteiger partial charge >= 0.3 is 15.1 Å². The summed E-state index contributed by atoms with van der Waals surface area (Å²) in [5.41, 5.74) is -2.10. The molecule has 1 unspecified atom stereocenters. The molecule has 1 fully saturated rings. The molecule has 5 N–H and O–H groups in total. The molecule has 1 aromatic carbocycles. The van der Waals surface area contributed by atoms with Gasteiger partial charge in [-0.2, -0.15) is 8.42 Å². The zero-order chi connectivity index (χ0) is 17.9. The first-order valence-corrected chi connectivity index (χ1v) is 8.23.